The number of rotatable bonds is 7. The Morgan fingerprint density at radius 1 is 1.03 bits per heavy atom. The average Bonchev–Trinajstić information content (AvgIpc) is 3.09. The molecule has 0 aliphatic carbocycles. The van der Waals surface area contributed by atoms with E-state index >= 15 is 0 Å². The van der Waals surface area contributed by atoms with Gasteiger partial charge in [-0.1, -0.05) is 12.1 Å². The number of hydrogen-bond acceptors (Lipinski definition) is 3. The van der Waals surface area contributed by atoms with Crippen LogP contribution in [0, 0.1) is 18.6 Å². The van der Waals surface area contributed by atoms with E-state index < -0.39 is 11.6 Å². The van der Waals surface area contributed by atoms with Crippen molar-refractivity contribution in [2.75, 3.05) is 13.2 Å². The summed E-state index contributed by atoms with van der Waals surface area (Å²) in [7, 11) is 0. The molecule has 2 N–H and O–H groups in total. The summed E-state index contributed by atoms with van der Waals surface area (Å²) < 4.78 is 33.9. The molecular weight excluding hydrogens is 408 g/mol. The number of aromatic nitrogens is 2. The van der Waals surface area contributed by atoms with Crippen molar-refractivity contribution in [1.82, 2.24) is 15.3 Å². The van der Waals surface area contributed by atoms with E-state index in [4.69, 9.17) is 4.74 Å². The molecule has 2 heterocycles. The highest BCUT2D eigenvalue weighted by Crippen LogP contribution is 2.27. The monoisotopic (exact) mass is 429 g/mol. The van der Waals surface area contributed by atoms with Gasteiger partial charge >= 0.3 is 0 Å². The third kappa shape index (κ3) is 4.78. The van der Waals surface area contributed by atoms with Gasteiger partial charge in [0.2, 0.25) is 0 Å². The Morgan fingerprint density at radius 3 is 2.60 bits per heavy atom. The van der Waals surface area contributed by atoms with E-state index in [1.807, 2.05) is 25.1 Å². The number of hydrogen-bond donors (Lipinski definition) is 2. The summed E-state index contributed by atoms with van der Waals surface area (Å²) in [6.07, 6.45) is 3.15. The van der Waals surface area contributed by atoms with Crippen molar-refractivity contribution in [2.24, 2.45) is 0 Å². The lowest BCUT2D eigenvalue weighted by Crippen LogP contribution is -2.20. The van der Waals surface area contributed by atoms with Crippen LogP contribution in [0.2, 0.25) is 0 Å². The molecule has 4 nitrogen and oxygen atoms in total. The van der Waals surface area contributed by atoms with Gasteiger partial charge in [-0.25, -0.2) is 8.78 Å². The van der Waals surface area contributed by atoms with Gasteiger partial charge < -0.3 is 15.0 Å². The molecule has 0 radical (unpaired) electrons. The lowest BCUT2D eigenvalue weighted by atomic mass is 10.0. The van der Waals surface area contributed by atoms with Crippen LogP contribution >= 0.6 is 12.4 Å². The number of halogens is 3. The summed E-state index contributed by atoms with van der Waals surface area (Å²) in [6.45, 7) is 3.66. The van der Waals surface area contributed by atoms with Crippen molar-refractivity contribution in [3.8, 4) is 16.9 Å². The first kappa shape index (κ1) is 21.7. The Kier molecular flexibility index (Phi) is 7.03. The SMILES string of the molecule is Cc1cc2c(OCCNCc3cncc(-c4c(F)cccc4F)c3)cccc2[nH]1.Cl. The predicted molar refractivity (Wildman–Crippen MR) is 117 cm³/mol. The Hall–Kier alpha value is -2.96. The molecule has 0 bridgehead atoms. The summed E-state index contributed by atoms with van der Waals surface area (Å²) in [5, 5.41) is 4.34. The molecule has 0 fully saturated rings. The molecule has 2 aromatic carbocycles. The van der Waals surface area contributed by atoms with E-state index in [1.165, 1.54) is 24.4 Å². The summed E-state index contributed by atoms with van der Waals surface area (Å²) in [5.74, 6) is -0.355. The van der Waals surface area contributed by atoms with Gasteiger partial charge in [0.1, 0.15) is 24.0 Å². The second-order valence-corrected chi connectivity index (χ2v) is 6.87. The van der Waals surface area contributed by atoms with Crippen LogP contribution in [0.3, 0.4) is 0 Å². The molecule has 0 aliphatic heterocycles. The minimum absolute atomic E-state index is 0. The fourth-order valence-electron chi connectivity index (χ4n) is 3.35. The highest BCUT2D eigenvalue weighted by Gasteiger charge is 2.11. The standard InChI is InChI=1S/C23H21F2N3O.ClH/c1-15-10-18-21(28-15)6-3-7-22(18)29-9-8-26-12-16-11-17(14-27-13-16)23-19(24)4-2-5-20(23)25;/h2-7,10-11,13-14,26,28H,8-9,12H2,1H3;1H. The van der Waals surface area contributed by atoms with Crippen LogP contribution < -0.4 is 10.1 Å². The van der Waals surface area contributed by atoms with E-state index in [2.05, 4.69) is 21.4 Å². The summed E-state index contributed by atoms with van der Waals surface area (Å²) in [4.78, 5) is 7.41. The van der Waals surface area contributed by atoms with Gasteiger partial charge in [-0.05, 0) is 48.9 Å². The molecule has 0 saturated heterocycles. The minimum atomic E-state index is -0.598. The van der Waals surface area contributed by atoms with Crippen molar-refractivity contribution in [3.63, 3.8) is 0 Å². The van der Waals surface area contributed by atoms with Crippen molar-refractivity contribution >= 4 is 23.3 Å². The fourth-order valence-corrected chi connectivity index (χ4v) is 3.35. The number of fused-ring (bicyclic) bond motifs is 1. The predicted octanol–water partition coefficient (Wildman–Crippen LogP) is 5.41. The minimum Gasteiger partial charge on any atom is -0.492 e. The quantitative estimate of drug-likeness (QED) is 0.386. The molecule has 0 spiro atoms. The lowest BCUT2D eigenvalue weighted by Gasteiger charge is -2.10. The Morgan fingerprint density at radius 2 is 1.80 bits per heavy atom. The zero-order valence-electron chi connectivity index (χ0n) is 16.4. The van der Waals surface area contributed by atoms with Crippen LogP contribution in [0.4, 0.5) is 8.78 Å². The van der Waals surface area contributed by atoms with Crippen molar-refractivity contribution in [2.45, 2.75) is 13.5 Å². The highest BCUT2D eigenvalue weighted by atomic mass is 35.5. The van der Waals surface area contributed by atoms with Crippen LogP contribution in [0.25, 0.3) is 22.0 Å². The largest absolute Gasteiger partial charge is 0.492 e. The van der Waals surface area contributed by atoms with Crippen molar-refractivity contribution in [3.05, 3.63) is 83.8 Å². The van der Waals surface area contributed by atoms with Gasteiger partial charge in [-0.2, -0.15) is 0 Å². The zero-order chi connectivity index (χ0) is 20.2. The molecule has 0 saturated carbocycles. The number of ether oxygens (including phenoxy) is 1. The van der Waals surface area contributed by atoms with Gasteiger partial charge in [-0.3, -0.25) is 4.98 Å². The van der Waals surface area contributed by atoms with Gasteiger partial charge in [0.15, 0.2) is 0 Å². The Labute approximate surface area is 179 Å². The molecule has 2 aromatic heterocycles. The molecule has 4 rings (SSSR count). The molecule has 0 unspecified atom stereocenters. The van der Waals surface area contributed by atoms with Gasteiger partial charge in [-0.15, -0.1) is 12.4 Å². The third-order valence-corrected chi connectivity index (χ3v) is 4.67. The van der Waals surface area contributed by atoms with Crippen LogP contribution in [-0.2, 0) is 6.54 Å². The van der Waals surface area contributed by atoms with E-state index in [0.717, 1.165) is 27.9 Å². The number of nitrogens with one attached hydrogen (secondary N) is 2. The fraction of sp³-hybridized carbons (Fsp3) is 0.174. The summed E-state index contributed by atoms with van der Waals surface area (Å²) >= 11 is 0. The number of aromatic amines is 1. The van der Waals surface area contributed by atoms with E-state index in [9.17, 15) is 8.78 Å². The molecule has 0 aliphatic rings. The van der Waals surface area contributed by atoms with E-state index in [1.54, 1.807) is 12.3 Å². The summed E-state index contributed by atoms with van der Waals surface area (Å²) in [6, 6.07) is 13.6. The number of H-pyrrole nitrogens is 1. The van der Waals surface area contributed by atoms with E-state index in [-0.39, 0.29) is 18.0 Å². The number of aryl methyl sites for hydroxylation is 1. The van der Waals surface area contributed by atoms with Crippen LogP contribution in [0.1, 0.15) is 11.3 Å². The maximum absolute atomic E-state index is 14.0. The normalized spacial score (nSPS) is 10.8. The van der Waals surface area contributed by atoms with Crippen LogP contribution in [0.5, 0.6) is 5.75 Å². The molecule has 4 aromatic rings. The average molecular weight is 430 g/mol. The maximum Gasteiger partial charge on any atom is 0.134 e. The van der Waals surface area contributed by atoms with Gasteiger partial charge in [0, 0.05) is 47.6 Å². The Bertz CT molecular complexity index is 1130. The first-order valence-corrected chi connectivity index (χ1v) is 9.42. The summed E-state index contributed by atoms with van der Waals surface area (Å²) in [5.41, 5.74) is 3.35. The molecule has 0 amide bonds. The van der Waals surface area contributed by atoms with Gasteiger partial charge in [0.05, 0.1) is 5.56 Å². The van der Waals surface area contributed by atoms with Crippen molar-refractivity contribution in [1.29, 1.82) is 0 Å². The lowest BCUT2D eigenvalue weighted by molar-refractivity contribution is 0.317. The molecule has 30 heavy (non-hydrogen) atoms. The van der Waals surface area contributed by atoms with Crippen LogP contribution in [-0.4, -0.2) is 23.1 Å². The molecule has 7 heteroatoms. The second-order valence-electron chi connectivity index (χ2n) is 6.87. The number of benzene rings is 2. The molecule has 156 valence electrons. The molecule has 0 atom stereocenters. The van der Waals surface area contributed by atoms with Crippen LogP contribution in [0.15, 0.2) is 60.9 Å². The third-order valence-electron chi connectivity index (χ3n) is 4.67. The smallest absolute Gasteiger partial charge is 0.134 e. The zero-order valence-corrected chi connectivity index (χ0v) is 17.2. The number of pyridine rings is 1. The van der Waals surface area contributed by atoms with Crippen molar-refractivity contribution < 1.29 is 13.5 Å². The maximum atomic E-state index is 14.0. The number of nitrogens with zero attached hydrogens (tertiary/aromatic N) is 1. The second kappa shape index (κ2) is 9.69. The van der Waals surface area contributed by atoms with E-state index in [0.29, 0.717) is 25.3 Å². The molecular formula is C23H22ClF2N3O. The first-order chi connectivity index (χ1) is 14.1. The van der Waals surface area contributed by atoms with Gasteiger partial charge in [0.25, 0.3) is 0 Å². The highest BCUT2D eigenvalue weighted by molar-refractivity contribution is 5.86. The topological polar surface area (TPSA) is 49.9 Å². The Balaban J connectivity index is 0.00000256. The first-order valence-electron chi connectivity index (χ1n) is 9.42.